The molecule has 0 spiro atoms. The van der Waals surface area contributed by atoms with Crippen molar-refractivity contribution in [3.8, 4) is 6.07 Å². The summed E-state index contributed by atoms with van der Waals surface area (Å²) in [5, 5.41) is 7.83. The minimum Gasteiger partial charge on any atom is -0.380 e. The number of nitrogens with zero attached hydrogens (tertiary/aromatic N) is 2. The Morgan fingerprint density at radius 3 is 2.65 bits per heavy atom. The molecular formula is C11H20N2O3S. The number of nitriles is 1. The number of ether oxygens (including phenoxy) is 1. The van der Waals surface area contributed by atoms with E-state index in [1.54, 1.807) is 6.92 Å². The second-order valence-electron chi connectivity index (χ2n) is 4.41. The minimum absolute atomic E-state index is 0.312. The summed E-state index contributed by atoms with van der Waals surface area (Å²) in [5.41, 5.74) is 0. The monoisotopic (exact) mass is 260 g/mol. The molecule has 0 aliphatic heterocycles. The minimum atomic E-state index is -3.49. The molecule has 1 unspecified atom stereocenters. The predicted molar refractivity (Wildman–Crippen MR) is 64.8 cm³/mol. The molecule has 0 aromatic carbocycles. The fourth-order valence-electron chi connectivity index (χ4n) is 1.44. The van der Waals surface area contributed by atoms with Gasteiger partial charge in [0.2, 0.25) is 10.0 Å². The van der Waals surface area contributed by atoms with Gasteiger partial charge in [-0.25, -0.2) is 12.7 Å². The van der Waals surface area contributed by atoms with Crippen molar-refractivity contribution in [2.24, 2.45) is 5.92 Å². The summed E-state index contributed by atoms with van der Waals surface area (Å²) >= 11 is 0. The fourth-order valence-corrected chi connectivity index (χ4v) is 2.76. The van der Waals surface area contributed by atoms with Crippen molar-refractivity contribution in [1.82, 2.24) is 4.31 Å². The van der Waals surface area contributed by atoms with E-state index in [2.05, 4.69) is 0 Å². The summed E-state index contributed by atoms with van der Waals surface area (Å²) in [5.74, 6) is 0.680. The molecule has 1 aliphatic carbocycles. The van der Waals surface area contributed by atoms with Crippen LogP contribution in [0.15, 0.2) is 0 Å². The molecule has 98 valence electrons. The lowest BCUT2D eigenvalue weighted by atomic mass is 10.4. The van der Waals surface area contributed by atoms with Crippen LogP contribution in [0.25, 0.3) is 0 Å². The molecule has 0 bridgehead atoms. The maximum absolute atomic E-state index is 11.9. The van der Waals surface area contributed by atoms with E-state index in [9.17, 15) is 8.42 Å². The fraction of sp³-hybridized carbons (Fsp3) is 0.909. The topological polar surface area (TPSA) is 70.4 Å². The zero-order valence-corrected chi connectivity index (χ0v) is 11.2. The van der Waals surface area contributed by atoms with Gasteiger partial charge in [-0.05, 0) is 25.2 Å². The highest BCUT2D eigenvalue weighted by atomic mass is 32.2. The van der Waals surface area contributed by atoms with Crippen LogP contribution < -0.4 is 0 Å². The largest absolute Gasteiger partial charge is 0.380 e. The third kappa shape index (κ3) is 4.26. The molecule has 0 radical (unpaired) electrons. The van der Waals surface area contributed by atoms with Gasteiger partial charge in [0.25, 0.3) is 0 Å². The molecule has 17 heavy (non-hydrogen) atoms. The first-order chi connectivity index (χ1) is 8.02. The molecule has 0 heterocycles. The van der Waals surface area contributed by atoms with Crippen molar-refractivity contribution >= 4 is 10.0 Å². The molecule has 5 nitrogen and oxygen atoms in total. The van der Waals surface area contributed by atoms with Gasteiger partial charge >= 0.3 is 0 Å². The lowest BCUT2D eigenvalue weighted by molar-refractivity contribution is 0.117. The van der Waals surface area contributed by atoms with E-state index in [1.807, 2.05) is 6.07 Å². The van der Waals surface area contributed by atoms with Gasteiger partial charge in [0.1, 0.15) is 0 Å². The van der Waals surface area contributed by atoms with Gasteiger partial charge in [-0.2, -0.15) is 5.26 Å². The van der Waals surface area contributed by atoms with E-state index in [0.29, 0.717) is 25.5 Å². The zero-order valence-electron chi connectivity index (χ0n) is 10.4. The van der Waals surface area contributed by atoms with E-state index < -0.39 is 15.3 Å². The van der Waals surface area contributed by atoms with Crippen LogP contribution in [-0.4, -0.2) is 44.8 Å². The van der Waals surface area contributed by atoms with Gasteiger partial charge in [-0.3, -0.25) is 0 Å². The van der Waals surface area contributed by atoms with E-state index in [1.165, 1.54) is 24.2 Å². The van der Waals surface area contributed by atoms with E-state index in [0.717, 1.165) is 6.61 Å². The Kier molecular flexibility index (Phi) is 5.37. The lowest BCUT2D eigenvalue weighted by Crippen LogP contribution is -2.37. The average molecular weight is 260 g/mol. The van der Waals surface area contributed by atoms with Crippen LogP contribution in [0.5, 0.6) is 0 Å². The number of sulfonamides is 1. The molecule has 0 N–H and O–H groups in total. The number of rotatable bonds is 8. The standard InChI is InChI=1S/C11H20N2O3S/c1-3-11(8-12)17(14,15)13(2)6-7-16-9-10-4-5-10/h10-11H,3-7,9H2,1-2H3. The highest BCUT2D eigenvalue weighted by Gasteiger charge is 2.28. The third-order valence-corrected chi connectivity index (χ3v) is 5.12. The summed E-state index contributed by atoms with van der Waals surface area (Å²) in [4.78, 5) is 0. The molecule has 1 fully saturated rings. The van der Waals surface area contributed by atoms with Crippen LogP contribution in [0.1, 0.15) is 26.2 Å². The molecule has 1 aliphatic rings. The summed E-state index contributed by atoms with van der Waals surface area (Å²) < 4.78 is 30.4. The summed E-state index contributed by atoms with van der Waals surface area (Å²) in [6, 6.07) is 1.82. The maximum Gasteiger partial charge on any atom is 0.230 e. The van der Waals surface area contributed by atoms with Gasteiger partial charge < -0.3 is 4.74 Å². The number of hydrogen-bond acceptors (Lipinski definition) is 4. The van der Waals surface area contributed by atoms with Gasteiger partial charge in [0.05, 0.1) is 12.7 Å². The van der Waals surface area contributed by atoms with Crippen molar-refractivity contribution in [3.05, 3.63) is 0 Å². The molecule has 1 rings (SSSR count). The van der Waals surface area contributed by atoms with Crippen LogP contribution in [0.4, 0.5) is 0 Å². The quantitative estimate of drug-likeness (QED) is 0.610. The van der Waals surface area contributed by atoms with Gasteiger partial charge in [0, 0.05) is 20.2 Å². The van der Waals surface area contributed by atoms with Gasteiger partial charge in [-0.15, -0.1) is 0 Å². The molecule has 0 amide bonds. The molecule has 0 aromatic rings. The second kappa shape index (κ2) is 6.34. The van der Waals surface area contributed by atoms with E-state index in [-0.39, 0.29) is 0 Å². The van der Waals surface area contributed by atoms with Crippen LogP contribution >= 0.6 is 0 Å². The van der Waals surface area contributed by atoms with Crippen molar-refractivity contribution in [2.45, 2.75) is 31.4 Å². The van der Waals surface area contributed by atoms with Crippen molar-refractivity contribution in [2.75, 3.05) is 26.8 Å². The molecule has 6 heteroatoms. The highest BCUT2D eigenvalue weighted by molar-refractivity contribution is 7.89. The Labute approximate surface area is 103 Å². The first-order valence-corrected chi connectivity index (χ1v) is 7.45. The first-order valence-electron chi connectivity index (χ1n) is 5.94. The summed E-state index contributed by atoms with van der Waals surface area (Å²) in [7, 11) is -2.00. The maximum atomic E-state index is 11.9. The van der Waals surface area contributed by atoms with Crippen LogP contribution in [0.2, 0.25) is 0 Å². The Hall–Kier alpha value is -0.640. The number of hydrogen-bond donors (Lipinski definition) is 0. The van der Waals surface area contributed by atoms with Crippen LogP contribution in [0, 0.1) is 17.2 Å². The van der Waals surface area contributed by atoms with Gasteiger partial charge in [0.15, 0.2) is 5.25 Å². The molecule has 0 aromatic heterocycles. The van der Waals surface area contributed by atoms with E-state index >= 15 is 0 Å². The zero-order chi connectivity index (χ0) is 12.9. The molecular weight excluding hydrogens is 240 g/mol. The summed E-state index contributed by atoms with van der Waals surface area (Å²) in [6.45, 7) is 3.13. The van der Waals surface area contributed by atoms with Gasteiger partial charge in [-0.1, -0.05) is 6.92 Å². The van der Waals surface area contributed by atoms with Crippen molar-refractivity contribution in [3.63, 3.8) is 0 Å². The van der Waals surface area contributed by atoms with E-state index in [4.69, 9.17) is 10.00 Å². The van der Waals surface area contributed by atoms with Crippen LogP contribution in [-0.2, 0) is 14.8 Å². The van der Waals surface area contributed by atoms with Crippen molar-refractivity contribution in [1.29, 1.82) is 5.26 Å². The molecule has 1 atom stereocenters. The summed E-state index contributed by atoms with van der Waals surface area (Å²) in [6.07, 6.45) is 2.76. The number of likely N-dealkylation sites (N-methyl/N-ethyl adjacent to an activating group) is 1. The average Bonchev–Trinajstić information content (AvgIpc) is 3.09. The third-order valence-electron chi connectivity index (χ3n) is 2.91. The predicted octanol–water partition coefficient (Wildman–Crippen LogP) is 0.977. The lowest BCUT2D eigenvalue weighted by Gasteiger charge is -2.19. The smallest absolute Gasteiger partial charge is 0.230 e. The molecule has 1 saturated carbocycles. The SMILES string of the molecule is CCC(C#N)S(=O)(=O)N(C)CCOCC1CC1. The molecule has 0 saturated heterocycles. The first kappa shape index (κ1) is 14.4. The van der Waals surface area contributed by atoms with Crippen molar-refractivity contribution < 1.29 is 13.2 Å². The second-order valence-corrected chi connectivity index (χ2v) is 6.63. The Balaban J connectivity index is 2.33. The Morgan fingerprint density at radius 2 is 2.18 bits per heavy atom. The Morgan fingerprint density at radius 1 is 1.53 bits per heavy atom. The normalized spacial score (nSPS) is 18.0. The Bertz CT molecular complexity index is 371. The highest BCUT2D eigenvalue weighted by Crippen LogP contribution is 2.28. The van der Waals surface area contributed by atoms with Crippen LogP contribution in [0.3, 0.4) is 0 Å².